The largest absolute Gasteiger partial charge is 0.0651 e. The maximum atomic E-state index is 7.69. The lowest BCUT2D eigenvalue weighted by atomic mass is 9.45. The molecule has 0 aromatic rings. The quantitative estimate of drug-likeness (QED) is 0.520. The molecule has 7 atom stereocenters. The summed E-state index contributed by atoms with van der Waals surface area (Å²) in [4.78, 5) is 0. The first kappa shape index (κ1) is 13.4. The van der Waals surface area contributed by atoms with E-state index in [1.165, 1.54) is 64.2 Å². The van der Waals surface area contributed by atoms with E-state index in [-0.39, 0.29) is 0 Å². The molecule has 0 heterocycles. The van der Waals surface area contributed by atoms with Crippen LogP contribution in [0.15, 0.2) is 0 Å². The van der Waals surface area contributed by atoms with E-state index >= 15 is 0 Å². The van der Waals surface area contributed by atoms with Gasteiger partial charge < -0.3 is 0 Å². The molecule has 0 nitrogen and oxygen atoms in total. The minimum atomic E-state index is 0.597. The summed E-state index contributed by atoms with van der Waals surface area (Å²) >= 11 is 0. The summed E-state index contributed by atoms with van der Waals surface area (Å²) in [6, 6.07) is 0. The van der Waals surface area contributed by atoms with Crippen LogP contribution in [0.3, 0.4) is 0 Å². The highest BCUT2D eigenvalue weighted by atomic mass is 14.6. The molecule has 4 aliphatic rings. The van der Waals surface area contributed by atoms with Crippen molar-refractivity contribution in [3.05, 3.63) is 0 Å². The third-order valence-electron chi connectivity index (χ3n) is 9.13. The van der Waals surface area contributed by atoms with Gasteiger partial charge in [0.05, 0.1) is 0 Å². The van der Waals surface area contributed by atoms with Crippen molar-refractivity contribution in [2.45, 2.75) is 91.4 Å². The van der Waals surface area contributed by atoms with Gasteiger partial charge in [-0.15, -0.1) is 0 Å². The van der Waals surface area contributed by atoms with E-state index in [9.17, 15) is 0 Å². The summed E-state index contributed by atoms with van der Waals surface area (Å²) in [7, 11) is 0. The molecule has 0 bridgehead atoms. The van der Waals surface area contributed by atoms with Crippen LogP contribution < -0.4 is 0 Å². The molecule has 0 aromatic heterocycles. The SMILES string of the molecule is [2H]CC[C@H]1CC[C@H]2[C@@H]3CCC4CCCC[C@]4(C)[C@H]3CC[C@]12C. The predicted octanol–water partition coefficient (Wildman–Crippen LogP) is 6.45. The van der Waals surface area contributed by atoms with Gasteiger partial charge in [-0.2, -0.15) is 0 Å². The Morgan fingerprint density at radius 1 is 0.857 bits per heavy atom. The second-order valence-corrected chi connectivity index (χ2v) is 9.51. The van der Waals surface area contributed by atoms with Crippen molar-refractivity contribution < 1.29 is 1.37 Å². The number of hydrogen-bond acceptors (Lipinski definition) is 0. The molecule has 0 amide bonds. The fourth-order valence-electron chi connectivity index (χ4n) is 7.88. The zero-order chi connectivity index (χ0) is 15.4. The van der Waals surface area contributed by atoms with Crippen LogP contribution >= 0.6 is 0 Å². The number of fused-ring (bicyclic) bond motifs is 5. The van der Waals surface area contributed by atoms with Crippen LogP contribution in [0.4, 0.5) is 0 Å². The van der Waals surface area contributed by atoms with Crippen molar-refractivity contribution >= 4 is 0 Å². The van der Waals surface area contributed by atoms with Gasteiger partial charge in [-0.05, 0) is 91.8 Å². The average Bonchev–Trinajstić information content (AvgIpc) is 2.84. The van der Waals surface area contributed by atoms with Gasteiger partial charge in [-0.1, -0.05) is 40.0 Å². The second kappa shape index (κ2) is 5.00. The van der Waals surface area contributed by atoms with Gasteiger partial charge in [-0.3, -0.25) is 0 Å². The molecule has 0 radical (unpaired) electrons. The first-order valence-electron chi connectivity index (χ1n) is 10.6. The van der Waals surface area contributed by atoms with Crippen LogP contribution in [0.25, 0.3) is 0 Å². The predicted molar refractivity (Wildman–Crippen MR) is 90.1 cm³/mol. The van der Waals surface area contributed by atoms with Crippen molar-refractivity contribution in [2.24, 2.45) is 40.4 Å². The Morgan fingerprint density at radius 2 is 1.71 bits per heavy atom. The molecule has 4 aliphatic carbocycles. The Balaban J connectivity index is 1.59. The van der Waals surface area contributed by atoms with Crippen molar-refractivity contribution in [2.75, 3.05) is 0 Å². The van der Waals surface area contributed by atoms with E-state index in [0.29, 0.717) is 17.7 Å². The minimum absolute atomic E-state index is 0.597. The van der Waals surface area contributed by atoms with Crippen LogP contribution in [-0.4, -0.2) is 0 Å². The van der Waals surface area contributed by atoms with E-state index in [0.717, 1.165) is 29.6 Å². The van der Waals surface area contributed by atoms with Crippen molar-refractivity contribution in [1.82, 2.24) is 0 Å². The zero-order valence-corrected chi connectivity index (χ0v) is 14.4. The second-order valence-electron chi connectivity index (χ2n) is 9.51. The standard InChI is InChI=1S/C21H36/c1-4-15-9-11-18-17-10-8-16-7-5-6-13-20(16,2)19(17)12-14-21(15,18)3/h15-19H,4-14H2,1-3H3/t15-,16?,17-,18-,19-,20-,21+/m0/s1/i1D. The fourth-order valence-corrected chi connectivity index (χ4v) is 7.88. The van der Waals surface area contributed by atoms with Crippen molar-refractivity contribution in [3.63, 3.8) is 0 Å². The molecular weight excluding hydrogens is 252 g/mol. The van der Waals surface area contributed by atoms with Crippen LogP contribution in [0.1, 0.15) is 92.7 Å². The average molecular weight is 290 g/mol. The lowest BCUT2D eigenvalue weighted by molar-refractivity contribution is -0.110. The normalized spacial score (nSPS) is 57.0. The van der Waals surface area contributed by atoms with E-state index in [2.05, 4.69) is 13.8 Å². The highest BCUT2D eigenvalue weighted by molar-refractivity contribution is 5.08. The Labute approximate surface area is 133 Å². The van der Waals surface area contributed by atoms with Crippen LogP contribution in [-0.2, 0) is 0 Å². The summed E-state index contributed by atoms with van der Waals surface area (Å²) in [6.45, 7) is 5.96. The third-order valence-corrected chi connectivity index (χ3v) is 9.13. The lowest BCUT2D eigenvalue weighted by Crippen LogP contribution is -2.52. The zero-order valence-electron chi connectivity index (χ0n) is 15.4. The molecule has 0 spiro atoms. The smallest absolute Gasteiger partial charge is 0.0230 e. The van der Waals surface area contributed by atoms with Crippen molar-refractivity contribution in [1.29, 1.82) is 0 Å². The Kier molecular flexibility index (Phi) is 3.20. The molecule has 0 N–H and O–H groups in total. The summed E-state index contributed by atoms with van der Waals surface area (Å²) in [6.07, 6.45) is 16.2. The molecule has 21 heavy (non-hydrogen) atoms. The van der Waals surface area contributed by atoms with Gasteiger partial charge in [0, 0.05) is 1.37 Å². The van der Waals surface area contributed by atoms with Gasteiger partial charge >= 0.3 is 0 Å². The van der Waals surface area contributed by atoms with E-state index in [1.54, 1.807) is 6.42 Å². The van der Waals surface area contributed by atoms with Crippen LogP contribution in [0.5, 0.6) is 0 Å². The maximum Gasteiger partial charge on any atom is 0.0230 e. The molecule has 0 heteroatoms. The number of hydrogen-bond donors (Lipinski definition) is 0. The summed E-state index contributed by atoms with van der Waals surface area (Å²) < 4.78 is 7.69. The third kappa shape index (κ3) is 1.93. The van der Waals surface area contributed by atoms with E-state index in [4.69, 9.17) is 1.37 Å². The molecular formula is C21H36. The highest BCUT2D eigenvalue weighted by Crippen LogP contribution is 2.67. The molecule has 4 saturated carbocycles. The van der Waals surface area contributed by atoms with Crippen molar-refractivity contribution in [3.8, 4) is 0 Å². The molecule has 4 fully saturated rings. The van der Waals surface area contributed by atoms with E-state index < -0.39 is 0 Å². The van der Waals surface area contributed by atoms with Gasteiger partial charge in [0.1, 0.15) is 0 Å². The molecule has 120 valence electrons. The summed E-state index contributed by atoms with van der Waals surface area (Å²) in [5.74, 6) is 5.00. The molecule has 0 saturated heterocycles. The Hall–Kier alpha value is 0. The summed E-state index contributed by atoms with van der Waals surface area (Å²) in [5, 5.41) is 0. The minimum Gasteiger partial charge on any atom is -0.0651 e. The molecule has 0 aromatic carbocycles. The topological polar surface area (TPSA) is 0 Å². The monoisotopic (exact) mass is 289 g/mol. The Morgan fingerprint density at radius 3 is 2.57 bits per heavy atom. The van der Waals surface area contributed by atoms with Gasteiger partial charge in [0.15, 0.2) is 0 Å². The van der Waals surface area contributed by atoms with E-state index in [1.807, 2.05) is 0 Å². The molecule has 1 unspecified atom stereocenters. The Bertz CT molecular complexity index is 418. The fraction of sp³-hybridized carbons (Fsp3) is 1.00. The van der Waals surface area contributed by atoms with Crippen LogP contribution in [0.2, 0.25) is 0 Å². The highest BCUT2D eigenvalue weighted by Gasteiger charge is 2.59. The lowest BCUT2D eigenvalue weighted by Gasteiger charge is -2.60. The number of rotatable bonds is 1. The van der Waals surface area contributed by atoms with Gasteiger partial charge in [0.2, 0.25) is 0 Å². The van der Waals surface area contributed by atoms with Gasteiger partial charge in [-0.25, -0.2) is 0 Å². The first-order valence-corrected chi connectivity index (χ1v) is 9.89. The van der Waals surface area contributed by atoms with Crippen LogP contribution in [0, 0.1) is 40.4 Å². The molecule has 0 aliphatic heterocycles. The maximum absolute atomic E-state index is 7.69. The first-order chi connectivity index (χ1) is 10.6. The summed E-state index contributed by atoms with van der Waals surface area (Å²) in [5.41, 5.74) is 1.29. The van der Waals surface area contributed by atoms with Gasteiger partial charge in [0.25, 0.3) is 0 Å². The molecule has 4 rings (SSSR count).